The third kappa shape index (κ3) is 2.61. The van der Waals surface area contributed by atoms with Crippen LogP contribution in [0.25, 0.3) is 42.4 Å². The predicted molar refractivity (Wildman–Crippen MR) is 115 cm³/mol. The quantitative estimate of drug-likeness (QED) is 0.295. The van der Waals surface area contributed by atoms with Gasteiger partial charge in [-0.2, -0.15) is 0 Å². The summed E-state index contributed by atoms with van der Waals surface area (Å²) in [5.74, 6) is 0. The van der Waals surface area contributed by atoms with Crippen LogP contribution >= 0.6 is 22.9 Å². The maximum absolute atomic E-state index is 6.42. The Morgan fingerprint density at radius 1 is 0.538 bits per heavy atom. The van der Waals surface area contributed by atoms with E-state index in [0.717, 1.165) is 5.02 Å². The van der Waals surface area contributed by atoms with Crippen LogP contribution in [0.2, 0.25) is 5.02 Å². The van der Waals surface area contributed by atoms with Gasteiger partial charge in [0.15, 0.2) is 0 Å². The summed E-state index contributed by atoms with van der Waals surface area (Å²) in [7, 11) is 0. The highest BCUT2D eigenvalue weighted by atomic mass is 35.5. The van der Waals surface area contributed by atoms with Gasteiger partial charge in [-0.25, -0.2) is 0 Å². The minimum absolute atomic E-state index is 0.828. The highest BCUT2D eigenvalue weighted by molar-refractivity contribution is 7.26. The number of halogens is 1. The van der Waals surface area contributed by atoms with Crippen LogP contribution in [0.1, 0.15) is 0 Å². The number of thiophene rings is 1. The van der Waals surface area contributed by atoms with Crippen molar-refractivity contribution in [1.29, 1.82) is 0 Å². The molecule has 0 unspecified atom stereocenters. The molecule has 1 aromatic heterocycles. The van der Waals surface area contributed by atoms with Gasteiger partial charge in [0, 0.05) is 25.2 Å². The highest BCUT2D eigenvalue weighted by Crippen LogP contribution is 2.39. The summed E-state index contributed by atoms with van der Waals surface area (Å²) in [6.07, 6.45) is 0. The van der Waals surface area contributed by atoms with Crippen LogP contribution in [-0.2, 0) is 0 Å². The second kappa shape index (κ2) is 6.28. The molecule has 0 saturated carbocycles. The van der Waals surface area contributed by atoms with Crippen molar-refractivity contribution >= 4 is 43.1 Å². The van der Waals surface area contributed by atoms with Crippen molar-refractivity contribution in [3.8, 4) is 22.3 Å². The lowest BCUT2D eigenvalue weighted by Crippen LogP contribution is -1.80. The Bertz CT molecular complexity index is 1220. The van der Waals surface area contributed by atoms with E-state index in [0.29, 0.717) is 0 Å². The summed E-state index contributed by atoms with van der Waals surface area (Å²) in [5, 5.41) is 3.23. The lowest BCUT2D eigenvalue weighted by atomic mass is 9.99. The van der Waals surface area contributed by atoms with Crippen LogP contribution in [0, 0.1) is 0 Å². The SMILES string of the molecule is Clc1cccc2sc3cc(-c4ccc(-c5ccccc5)cc4)ccc3c12. The molecule has 0 amide bonds. The van der Waals surface area contributed by atoms with Crippen LogP contribution < -0.4 is 0 Å². The third-order valence-corrected chi connectivity index (χ3v) is 6.20. The first-order valence-corrected chi connectivity index (χ1v) is 9.76. The summed E-state index contributed by atoms with van der Waals surface area (Å²) in [4.78, 5) is 0. The second-order valence-electron chi connectivity index (χ2n) is 6.37. The van der Waals surface area contributed by atoms with Crippen LogP contribution in [0.3, 0.4) is 0 Å². The molecule has 2 heteroatoms. The fraction of sp³-hybridized carbons (Fsp3) is 0. The number of rotatable bonds is 2. The molecule has 0 aliphatic rings. The van der Waals surface area contributed by atoms with E-state index in [1.165, 1.54) is 42.4 Å². The van der Waals surface area contributed by atoms with Crippen molar-refractivity contribution in [2.75, 3.05) is 0 Å². The van der Waals surface area contributed by atoms with Gasteiger partial charge in [-0.15, -0.1) is 11.3 Å². The molecule has 26 heavy (non-hydrogen) atoms. The minimum atomic E-state index is 0.828. The summed E-state index contributed by atoms with van der Waals surface area (Å²) < 4.78 is 2.52. The number of hydrogen-bond acceptors (Lipinski definition) is 1. The fourth-order valence-corrected chi connectivity index (χ4v) is 4.95. The summed E-state index contributed by atoms with van der Waals surface area (Å²) in [5.41, 5.74) is 4.95. The molecule has 0 spiro atoms. The van der Waals surface area contributed by atoms with E-state index in [1.807, 2.05) is 18.2 Å². The molecule has 5 aromatic rings. The maximum Gasteiger partial charge on any atom is 0.0499 e. The Kier molecular flexibility index (Phi) is 3.77. The van der Waals surface area contributed by atoms with Gasteiger partial charge >= 0.3 is 0 Å². The average molecular weight is 371 g/mol. The lowest BCUT2D eigenvalue weighted by Gasteiger charge is -2.05. The molecule has 0 aliphatic heterocycles. The average Bonchev–Trinajstić information content (AvgIpc) is 3.08. The van der Waals surface area contributed by atoms with Gasteiger partial charge in [-0.05, 0) is 40.5 Å². The van der Waals surface area contributed by atoms with E-state index in [-0.39, 0.29) is 0 Å². The van der Waals surface area contributed by atoms with E-state index in [1.54, 1.807) is 11.3 Å². The predicted octanol–water partition coefficient (Wildman–Crippen LogP) is 8.04. The summed E-state index contributed by atoms with van der Waals surface area (Å²) >= 11 is 8.22. The van der Waals surface area contributed by atoms with Crippen molar-refractivity contribution in [3.05, 3.63) is 96.0 Å². The Morgan fingerprint density at radius 3 is 1.96 bits per heavy atom. The van der Waals surface area contributed by atoms with E-state index in [9.17, 15) is 0 Å². The molecule has 0 saturated heterocycles. The highest BCUT2D eigenvalue weighted by Gasteiger charge is 2.09. The first-order valence-electron chi connectivity index (χ1n) is 8.56. The van der Waals surface area contributed by atoms with Crippen LogP contribution in [0.15, 0.2) is 91.0 Å². The fourth-order valence-electron chi connectivity index (χ4n) is 3.45. The molecule has 0 N–H and O–H groups in total. The Morgan fingerprint density at radius 2 is 1.19 bits per heavy atom. The molecule has 1 heterocycles. The molecule has 4 aromatic carbocycles. The monoisotopic (exact) mass is 370 g/mol. The van der Waals surface area contributed by atoms with Crippen molar-refractivity contribution in [1.82, 2.24) is 0 Å². The molecule has 5 rings (SSSR count). The lowest BCUT2D eigenvalue weighted by molar-refractivity contribution is 1.60. The zero-order chi connectivity index (χ0) is 17.5. The van der Waals surface area contributed by atoms with Gasteiger partial charge in [0.05, 0.1) is 0 Å². The van der Waals surface area contributed by atoms with E-state index >= 15 is 0 Å². The Balaban J connectivity index is 1.59. The smallest absolute Gasteiger partial charge is 0.0499 e. The van der Waals surface area contributed by atoms with Gasteiger partial charge in [-0.1, -0.05) is 84.4 Å². The molecule has 0 radical (unpaired) electrons. The molecular weight excluding hydrogens is 356 g/mol. The molecular formula is C24H15ClS. The van der Waals surface area contributed by atoms with Gasteiger partial charge in [0.2, 0.25) is 0 Å². The van der Waals surface area contributed by atoms with Crippen LogP contribution in [0.4, 0.5) is 0 Å². The van der Waals surface area contributed by atoms with Gasteiger partial charge < -0.3 is 0 Å². The minimum Gasteiger partial charge on any atom is -0.135 e. The van der Waals surface area contributed by atoms with Crippen molar-refractivity contribution in [3.63, 3.8) is 0 Å². The molecule has 124 valence electrons. The van der Waals surface area contributed by atoms with E-state index in [2.05, 4.69) is 72.8 Å². The number of fused-ring (bicyclic) bond motifs is 3. The zero-order valence-electron chi connectivity index (χ0n) is 13.9. The van der Waals surface area contributed by atoms with Crippen molar-refractivity contribution in [2.24, 2.45) is 0 Å². The van der Waals surface area contributed by atoms with E-state index < -0.39 is 0 Å². The molecule has 0 aliphatic carbocycles. The topological polar surface area (TPSA) is 0 Å². The Hall–Kier alpha value is -2.61. The maximum atomic E-state index is 6.42. The van der Waals surface area contributed by atoms with Crippen molar-refractivity contribution < 1.29 is 0 Å². The summed E-state index contributed by atoms with van der Waals surface area (Å²) in [6, 6.07) is 32.0. The second-order valence-corrected chi connectivity index (χ2v) is 7.86. The summed E-state index contributed by atoms with van der Waals surface area (Å²) in [6.45, 7) is 0. The Labute approximate surface area is 161 Å². The van der Waals surface area contributed by atoms with Crippen LogP contribution in [0.5, 0.6) is 0 Å². The largest absolute Gasteiger partial charge is 0.135 e. The number of benzene rings is 4. The standard InChI is InChI=1S/C24H15ClS/c25-21-7-4-8-22-24(21)20-14-13-19(15-23(20)26-22)18-11-9-17(10-12-18)16-5-2-1-3-6-16/h1-15H. The van der Waals surface area contributed by atoms with Gasteiger partial charge in [0.25, 0.3) is 0 Å². The molecule has 0 bridgehead atoms. The number of hydrogen-bond donors (Lipinski definition) is 0. The van der Waals surface area contributed by atoms with Crippen molar-refractivity contribution in [2.45, 2.75) is 0 Å². The molecule has 0 nitrogen and oxygen atoms in total. The first kappa shape index (κ1) is 15.6. The van der Waals surface area contributed by atoms with Crippen LogP contribution in [-0.4, -0.2) is 0 Å². The first-order chi connectivity index (χ1) is 12.8. The van der Waals surface area contributed by atoms with Gasteiger partial charge in [0.1, 0.15) is 0 Å². The molecule has 0 atom stereocenters. The zero-order valence-corrected chi connectivity index (χ0v) is 15.5. The third-order valence-electron chi connectivity index (χ3n) is 4.77. The van der Waals surface area contributed by atoms with Gasteiger partial charge in [-0.3, -0.25) is 0 Å². The normalized spacial score (nSPS) is 11.3. The van der Waals surface area contributed by atoms with E-state index in [4.69, 9.17) is 11.6 Å². The molecule has 0 fully saturated rings.